The summed E-state index contributed by atoms with van der Waals surface area (Å²) in [5.74, 6) is 2.31. The number of thioether (sulfide) groups is 1. The minimum atomic E-state index is 0.0543. The molecule has 1 rings (SSSR count). The molecule has 0 aromatic carbocycles. The molecule has 0 spiro atoms. The van der Waals surface area contributed by atoms with Gasteiger partial charge in [0.25, 0.3) is 0 Å². The second kappa shape index (κ2) is 5.50. The monoisotopic (exact) mass is 202 g/mol. The van der Waals surface area contributed by atoms with Gasteiger partial charge in [0.15, 0.2) is 0 Å². The van der Waals surface area contributed by atoms with E-state index in [1.807, 2.05) is 30.5 Å². The van der Waals surface area contributed by atoms with Crippen molar-refractivity contribution < 1.29 is 4.79 Å². The summed E-state index contributed by atoms with van der Waals surface area (Å²) in [6, 6.07) is 0.0543. The van der Waals surface area contributed by atoms with Gasteiger partial charge in [0.05, 0.1) is 6.04 Å². The molecule has 1 N–H and O–H groups in total. The average molecular weight is 202 g/mol. The fourth-order valence-corrected chi connectivity index (χ4v) is 2.40. The van der Waals surface area contributed by atoms with E-state index < -0.39 is 0 Å². The van der Waals surface area contributed by atoms with Gasteiger partial charge in [-0.15, -0.1) is 0 Å². The van der Waals surface area contributed by atoms with Gasteiger partial charge in [-0.1, -0.05) is 0 Å². The number of rotatable bonds is 3. The molecule has 0 radical (unpaired) electrons. The number of hydrogen-bond acceptors (Lipinski definition) is 3. The molecular formula is C9H18N2OS. The largest absolute Gasteiger partial charge is 0.342 e. The van der Waals surface area contributed by atoms with Gasteiger partial charge >= 0.3 is 0 Å². The second-order valence-electron chi connectivity index (χ2n) is 3.09. The van der Waals surface area contributed by atoms with E-state index >= 15 is 0 Å². The van der Waals surface area contributed by atoms with Crippen LogP contribution in [0.15, 0.2) is 0 Å². The molecule has 1 heterocycles. The molecule has 76 valence electrons. The van der Waals surface area contributed by atoms with Crippen LogP contribution in [-0.4, -0.2) is 48.0 Å². The standard InChI is InChI=1S/C9H18N2OS/c1-3-11(4-2)9(12)8-7-13-6-5-10-8/h8,10H,3-7H2,1-2H3. The lowest BCUT2D eigenvalue weighted by atomic mass is 10.2. The van der Waals surface area contributed by atoms with Gasteiger partial charge in [-0.25, -0.2) is 0 Å². The Morgan fingerprint density at radius 2 is 2.23 bits per heavy atom. The van der Waals surface area contributed by atoms with E-state index in [1.165, 1.54) is 0 Å². The van der Waals surface area contributed by atoms with Crippen molar-refractivity contribution in [2.75, 3.05) is 31.1 Å². The van der Waals surface area contributed by atoms with Crippen LogP contribution in [0.1, 0.15) is 13.8 Å². The lowest BCUT2D eigenvalue weighted by Crippen LogP contribution is -2.50. The van der Waals surface area contributed by atoms with Crippen LogP contribution in [0.2, 0.25) is 0 Å². The van der Waals surface area contributed by atoms with Crippen LogP contribution >= 0.6 is 11.8 Å². The van der Waals surface area contributed by atoms with Gasteiger partial charge in [0.1, 0.15) is 0 Å². The number of hydrogen-bond donors (Lipinski definition) is 1. The third kappa shape index (κ3) is 2.88. The first-order chi connectivity index (χ1) is 6.29. The van der Waals surface area contributed by atoms with Crippen molar-refractivity contribution in [2.24, 2.45) is 0 Å². The SMILES string of the molecule is CCN(CC)C(=O)C1CSCCN1. The number of nitrogens with zero attached hydrogens (tertiary/aromatic N) is 1. The molecule has 0 saturated carbocycles. The Morgan fingerprint density at radius 3 is 2.69 bits per heavy atom. The number of carbonyl (C=O) groups is 1. The maximum Gasteiger partial charge on any atom is 0.240 e. The number of likely N-dealkylation sites (N-methyl/N-ethyl adjacent to an activating group) is 1. The van der Waals surface area contributed by atoms with Gasteiger partial charge in [-0.05, 0) is 13.8 Å². The smallest absolute Gasteiger partial charge is 0.240 e. The topological polar surface area (TPSA) is 32.3 Å². The molecule has 1 unspecified atom stereocenters. The minimum Gasteiger partial charge on any atom is -0.342 e. The lowest BCUT2D eigenvalue weighted by Gasteiger charge is -2.28. The predicted octanol–water partition coefficient (Wildman–Crippen LogP) is 0.560. The third-order valence-corrected chi connectivity index (χ3v) is 3.36. The zero-order chi connectivity index (χ0) is 9.68. The van der Waals surface area contributed by atoms with Gasteiger partial charge < -0.3 is 10.2 Å². The average Bonchev–Trinajstić information content (AvgIpc) is 2.21. The summed E-state index contributed by atoms with van der Waals surface area (Å²) >= 11 is 1.86. The Labute approximate surface area is 84.2 Å². The molecule has 1 saturated heterocycles. The van der Waals surface area contributed by atoms with Crippen LogP contribution in [0.5, 0.6) is 0 Å². The first-order valence-corrected chi connectivity index (χ1v) is 6.05. The van der Waals surface area contributed by atoms with Crippen LogP contribution in [0.3, 0.4) is 0 Å². The number of carbonyl (C=O) groups excluding carboxylic acids is 1. The van der Waals surface area contributed by atoms with Crippen molar-refractivity contribution >= 4 is 17.7 Å². The lowest BCUT2D eigenvalue weighted by molar-refractivity contribution is -0.132. The fourth-order valence-electron chi connectivity index (χ4n) is 1.48. The number of nitrogens with one attached hydrogen (secondary N) is 1. The predicted molar refractivity (Wildman–Crippen MR) is 57.0 cm³/mol. The molecule has 1 amide bonds. The van der Waals surface area contributed by atoms with Crippen molar-refractivity contribution in [1.29, 1.82) is 0 Å². The number of amides is 1. The van der Waals surface area contributed by atoms with Crippen LogP contribution in [0, 0.1) is 0 Å². The van der Waals surface area contributed by atoms with E-state index in [4.69, 9.17) is 0 Å². The van der Waals surface area contributed by atoms with Crippen LogP contribution in [-0.2, 0) is 4.79 Å². The van der Waals surface area contributed by atoms with E-state index in [0.29, 0.717) is 0 Å². The summed E-state index contributed by atoms with van der Waals surface area (Å²) in [5, 5.41) is 3.26. The molecule has 1 atom stereocenters. The summed E-state index contributed by atoms with van der Waals surface area (Å²) in [5.41, 5.74) is 0. The Kier molecular flexibility index (Phi) is 4.59. The molecule has 1 aliphatic heterocycles. The molecule has 1 fully saturated rings. The maximum atomic E-state index is 11.8. The Bertz CT molecular complexity index is 165. The van der Waals surface area contributed by atoms with Crippen molar-refractivity contribution in [3.05, 3.63) is 0 Å². The third-order valence-electron chi connectivity index (χ3n) is 2.29. The van der Waals surface area contributed by atoms with Crippen LogP contribution < -0.4 is 5.32 Å². The van der Waals surface area contributed by atoms with E-state index in [2.05, 4.69) is 5.32 Å². The van der Waals surface area contributed by atoms with Crippen molar-refractivity contribution in [3.8, 4) is 0 Å². The summed E-state index contributed by atoms with van der Waals surface area (Å²) < 4.78 is 0. The van der Waals surface area contributed by atoms with E-state index in [0.717, 1.165) is 31.1 Å². The fraction of sp³-hybridized carbons (Fsp3) is 0.889. The van der Waals surface area contributed by atoms with E-state index in [9.17, 15) is 4.79 Å². The molecular weight excluding hydrogens is 184 g/mol. The van der Waals surface area contributed by atoms with Crippen molar-refractivity contribution in [2.45, 2.75) is 19.9 Å². The van der Waals surface area contributed by atoms with E-state index in [1.54, 1.807) is 0 Å². The summed E-state index contributed by atoms with van der Waals surface area (Å²) in [6.07, 6.45) is 0. The highest BCUT2D eigenvalue weighted by atomic mass is 32.2. The zero-order valence-corrected chi connectivity index (χ0v) is 9.19. The van der Waals surface area contributed by atoms with Gasteiger partial charge in [0.2, 0.25) is 5.91 Å². The Hall–Kier alpha value is -0.220. The van der Waals surface area contributed by atoms with Gasteiger partial charge in [-0.2, -0.15) is 11.8 Å². The van der Waals surface area contributed by atoms with Crippen LogP contribution in [0.25, 0.3) is 0 Å². The maximum absolute atomic E-state index is 11.8. The molecule has 0 bridgehead atoms. The Morgan fingerprint density at radius 1 is 1.54 bits per heavy atom. The Balaban J connectivity index is 2.44. The highest BCUT2D eigenvalue weighted by Gasteiger charge is 2.23. The van der Waals surface area contributed by atoms with Crippen LogP contribution in [0.4, 0.5) is 0 Å². The zero-order valence-electron chi connectivity index (χ0n) is 8.38. The van der Waals surface area contributed by atoms with Gasteiger partial charge in [-0.3, -0.25) is 4.79 Å². The molecule has 4 heteroatoms. The van der Waals surface area contributed by atoms with Crippen molar-refractivity contribution in [3.63, 3.8) is 0 Å². The molecule has 0 aromatic rings. The normalized spacial score (nSPS) is 22.8. The molecule has 13 heavy (non-hydrogen) atoms. The first-order valence-electron chi connectivity index (χ1n) is 4.89. The molecule has 3 nitrogen and oxygen atoms in total. The molecule has 1 aliphatic rings. The van der Waals surface area contributed by atoms with Crippen molar-refractivity contribution in [1.82, 2.24) is 10.2 Å². The first kappa shape index (κ1) is 10.9. The quantitative estimate of drug-likeness (QED) is 0.726. The van der Waals surface area contributed by atoms with Gasteiger partial charge in [0, 0.05) is 31.1 Å². The summed E-state index contributed by atoms with van der Waals surface area (Å²) in [4.78, 5) is 13.7. The highest BCUT2D eigenvalue weighted by molar-refractivity contribution is 7.99. The summed E-state index contributed by atoms with van der Waals surface area (Å²) in [7, 11) is 0. The minimum absolute atomic E-state index is 0.0543. The molecule has 0 aromatic heterocycles. The van der Waals surface area contributed by atoms with E-state index in [-0.39, 0.29) is 11.9 Å². The summed E-state index contributed by atoms with van der Waals surface area (Å²) in [6.45, 7) is 6.65. The molecule has 0 aliphatic carbocycles. The second-order valence-corrected chi connectivity index (χ2v) is 4.24. The highest BCUT2D eigenvalue weighted by Crippen LogP contribution is 2.09.